The molecule has 2 N–H and O–H groups in total. The molecule has 1 rings (SSSR count). The number of hydrogen-bond acceptors (Lipinski definition) is 3. The number of nitrogens with zero attached hydrogens (tertiary/aromatic N) is 3. The van der Waals surface area contributed by atoms with Crippen molar-refractivity contribution < 1.29 is 13.2 Å². The number of halogens is 3. The fourth-order valence-corrected chi connectivity index (χ4v) is 1.45. The highest BCUT2D eigenvalue weighted by atomic mass is 19.4. The third-order valence-electron chi connectivity index (χ3n) is 2.55. The molecule has 0 fully saturated rings. The molecule has 0 aliphatic carbocycles. The number of aryl methyl sites for hydroxylation is 1. The minimum absolute atomic E-state index is 0.386. The first kappa shape index (κ1) is 14.5. The first-order chi connectivity index (χ1) is 8.24. The van der Waals surface area contributed by atoms with Crippen molar-refractivity contribution >= 4 is 0 Å². The van der Waals surface area contributed by atoms with Crippen LogP contribution in [0.15, 0.2) is 12.4 Å². The molecule has 0 aromatic carbocycles. The Balaban J connectivity index is 2.37. The molecule has 1 heterocycles. The molecule has 0 aliphatic heterocycles. The van der Waals surface area contributed by atoms with E-state index in [2.05, 4.69) is 5.10 Å². The van der Waals surface area contributed by atoms with Gasteiger partial charge in [-0.15, -0.1) is 0 Å². The van der Waals surface area contributed by atoms with Crippen molar-refractivity contribution in [2.45, 2.75) is 44.4 Å². The average molecular weight is 260 g/mol. The molecule has 1 aromatic rings. The topological polar surface area (TPSA) is 67.6 Å². The molecule has 1 unspecified atom stereocenters. The van der Waals surface area contributed by atoms with E-state index in [1.54, 1.807) is 6.92 Å². The molecule has 1 aromatic heterocycles. The molecule has 0 radical (unpaired) electrons. The predicted octanol–water partition coefficient (Wildman–Crippen LogP) is 2.31. The lowest BCUT2D eigenvalue weighted by atomic mass is 9.98. The van der Waals surface area contributed by atoms with E-state index in [0.717, 1.165) is 12.4 Å². The number of nitriles is 1. The standard InChI is InChI=1S/C11H15F3N4/c1-10(16,8-15)4-2-3-5-18-7-9(6-17-18)11(12,13)14/h6-7H,2-5,16H2,1H3. The van der Waals surface area contributed by atoms with Crippen molar-refractivity contribution in [1.82, 2.24) is 9.78 Å². The van der Waals surface area contributed by atoms with Crippen molar-refractivity contribution in [1.29, 1.82) is 5.26 Å². The zero-order chi connectivity index (χ0) is 13.8. The van der Waals surface area contributed by atoms with E-state index in [9.17, 15) is 13.2 Å². The maximum Gasteiger partial charge on any atom is 0.419 e. The molecule has 0 bridgehead atoms. The van der Waals surface area contributed by atoms with Gasteiger partial charge in [0.05, 0.1) is 17.8 Å². The molecule has 4 nitrogen and oxygen atoms in total. The lowest BCUT2D eigenvalue weighted by molar-refractivity contribution is -0.137. The van der Waals surface area contributed by atoms with Crippen LogP contribution in [0.3, 0.4) is 0 Å². The van der Waals surface area contributed by atoms with E-state index in [4.69, 9.17) is 11.0 Å². The summed E-state index contributed by atoms with van der Waals surface area (Å²) >= 11 is 0. The largest absolute Gasteiger partial charge is 0.419 e. The van der Waals surface area contributed by atoms with Gasteiger partial charge in [0, 0.05) is 12.7 Å². The van der Waals surface area contributed by atoms with Gasteiger partial charge in [0.15, 0.2) is 0 Å². The van der Waals surface area contributed by atoms with Gasteiger partial charge < -0.3 is 5.73 Å². The molecule has 0 spiro atoms. The fraction of sp³-hybridized carbons (Fsp3) is 0.636. The Hall–Kier alpha value is -1.55. The van der Waals surface area contributed by atoms with Gasteiger partial charge in [-0.2, -0.15) is 23.5 Å². The first-order valence-electron chi connectivity index (χ1n) is 5.54. The van der Waals surface area contributed by atoms with E-state index < -0.39 is 17.3 Å². The lowest BCUT2D eigenvalue weighted by Crippen LogP contribution is -2.33. The number of aromatic nitrogens is 2. The van der Waals surface area contributed by atoms with Crippen LogP contribution in [0.25, 0.3) is 0 Å². The van der Waals surface area contributed by atoms with Gasteiger partial charge in [-0.25, -0.2) is 0 Å². The van der Waals surface area contributed by atoms with Gasteiger partial charge in [-0.1, -0.05) is 0 Å². The monoisotopic (exact) mass is 260 g/mol. The van der Waals surface area contributed by atoms with E-state index in [1.807, 2.05) is 6.07 Å². The van der Waals surface area contributed by atoms with Crippen LogP contribution < -0.4 is 5.73 Å². The highest BCUT2D eigenvalue weighted by Gasteiger charge is 2.32. The average Bonchev–Trinajstić information content (AvgIpc) is 2.73. The van der Waals surface area contributed by atoms with Crippen LogP contribution in [0.2, 0.25) is 0 Å². The van der Waals surface area contributed by atoms with Gasteiger partial charge in [0.1, 0.15) is 5.54 Å². The van der Waals surface area contributed by atoms with Crippen LogP contribution in [0.1, 0.15) is 31.7 Å². The van der Waals surface area contributed by atoms with Gasteiger partial charge in [-0.3, -0.25) is 4.68 Å². The van der Waals surface area contributed by atoms with Crippen LogP contribution in [-0.4, -0.2) is 15.3 Å². The molecule has 0 aliphatic rings. The predicted molar refractivity (Wildman–Crippen MR) is 59.3 cm³/mol. The van der Waals surface area contributed by atoms with Gasteiger partial charge in [0.2, 0.25) is 0 Å². The molecule has 100 valence electrons. The van der Waals surface area contributed by atoms with Crippen LogP contribution >= 0.6 is 0 Å². The van der Waals surface area contributed by atoms with E-state index >= 15 is 0 Å². The van der Waals surface area contributed by atoms with Gasteiger partial charge in [0.25, 0.3) is 0 Å². The number of rotatable bonds is 5. The minimum atomic E-state index is -4.35. The van der Waals surface area contributed by atoms with Crippen LogP contribution in [0.5, 0.6) is 0 Å². The van der Waals surface area contributed by atoms with E-state index in [0.29, 0.717) is 25.8 Å². The summed E-state index contributed by atoms with van der Waals surface area (Å²) in [7, 11) is 0. The van der Waals surface area contributed by atoms with E-state index in [-0.39, 0.29) is 0 Å². The van der Waals surface area contributed by atoms with Gasteiger partial charge >= 0.3 is 6.18 Å². The summed E-state index contributed by atoms with van der Waals surface area (Å²) in [5, 5.41) is 12.3. The highest BCUT2D eigenvalue weighted by Crippen LogP contribution is 2.28. The summed E-state index contributed by atoms with van der Waals surface area (Å²) in [5.41, 5.74) is 4.00. The normalized spacial score (nSPS) is 15.1. The summed E-state index contributed by atoms with van der Waals surface area (Å²) in [6.07, 6.45) is -0.755. The minimum Gasteiger partial charge on any atom is -0.314 e. The zero-order valence-corrected chi connectivity index (χ0v) is 10.0. The summed E-state index contributed by atoms with van der Waals surface area (Å²) < 4.78 is 38.1. The molecule has 0 amide bonds. The molecule has 0 saturated carbocycles. The van der Waals surface area contributed by atoms with E-state index in [1.165, 1.54) is 4.68 Å². The molecule has 18 heavy (non-hydrogen) atoms. The second kappa shape index (κ2) is 5.40. The van der Waals surface area contributed by atoms with Crippen molar-refractivity contribution in [3.63, 3.8) is 0 Å². The van der Waals surface area contributed by atoms with Crippen molar-refractivity contribution in [3.8, 4) is 6.07 Å². The highest BCUT2D eigenvalue weighted by molar-refractivity contribution is 5.08. The maximum atomic E-state index is 12.3. The summed E-state index contributed by atoms with van der Waals surface area (Å²) in [6, 6.07) is 1.97. The fourth-order valence-electron chi connectivity index (χ4n) is 1.45. The first-order valence-corrected chi connectivity index (χ1v) is 5.54. The molecule has 1 atom stereocenters. The van der Waals surface area contributed by atoms with Crippen LogP contribution in [0, 0.1) is 11.3 Å². The quantitative estimate of drug-likeness (QED) is 0.826. The number of alkyl halides is 3. The Bertz CT molecular complexity index is 428. The van der Waals surface area contributed by atoms with Crippen molar-refractivity contribution in [3.05, 3.63) is 18.0 Å². The second-order valence-electron chi connectivity index (χ2n) is 4.48. The maximum absolute atomic E-state index is 12.3. The summed E-state index contributed by atoms with van der Waals surface area (Å²) in [4.78, 5) is 0. The summed E-state index contributed by atoms with van der Waals surface area (Å²) in [5.74, 6) is 0. The van der Waals surface area contributed by atoms with Crippen LogP contribution in [0.4, 0.5) is 13.2 Å². The molecular weight excluding hydrogens is 245 g/mol. The van der Waals surface area contributed by atoms with Crippen molar-refractivity contribution in [2.75, 3.05) is 0 Å². The smallest absolute Gasteiger partial charge is 0.314 e. The Morgan fingerprint density at radius 1 is 1.44 bits per heavy atom. The summed E-state index contributed by atoms with van der Waals surface area (Å²) in [6.45, 7) is 2.01. The Kier molecular flexibility index (Phi) is 4.35. The number of unbranched alkanes of at least 4 members (excludes halogenated alkanes) is 1. The third-order valence-corrected chi connectivity index (χ3v) is 2.55. The van der Waals surface area contributed by atoms with Crippen LogP contribution in [-0.2, 0) is 12.7 Å². The SMILES string of the molecule is CC(N)(C#N)CCCCn1cc(C(F)(F)F)cn1. The van der Waals surface area contributed by atoms with Gasteiger partial charge in [-0.05, 0) is 26.2 Å². The lowest BCUT2D eigenvalue weighted by Gasteiger charge is -2.14. The Morgan fingerprint density at radius 3 is 2.61 bits per heavy atom. The number of nitrogens with two attached hydrogens (primary N) is 1. The number of hydrogen-bond donors (Lipinski definition) is 1. The van der Waals surface area contributed by atoms with Crippen molar-refractivity contribution in [2.24, 2.45) is 5.73 Å². The Morgan fingerprint density at radius 2 is 2.11 bits per heavy atom. The third kappa shape index (κ3) is 4.37. The second-order valence-corrected chi connectivity index (χ2v) is 4.48. The molecular formula is C11H15F3N4. The molecule has 7 heteroatoms. The Labute approximate surface area is 103 Å². The zero-order valence-electron chi connectivity index (χ0n) is 10.0. The molecule has 0 saturated heterocycles.